The monoisotopic (exact) mass is 196 g/mol. The molecule has 0 N–H and O–H groups in total. The van der Waals surface area contributed by atoms with Gasteiger partial charge in [-0.05, 0) is 29.2 Å². The summed E-state index contributed by atoms with van der Waals surface area (Å²) < 4.78 is 0. The molecule has 0 fully saturated rings. The number of rotatable bonds is 2. The lowest BCUT2D eigenvalue weighted by atomic mass is 9.97. The maximum atomic E-state index is 2.28. The minimum atomic E-state index is 0.500. The summed E-state index contributed by atoms with van der Waals surface area (Å²) in [5, 5.41) is 2.64. The fourth-order valence-electron chi connectivity index (χ4n) is 1.89. The van der Waals surface area contributed by atoms with E-state index in [0.29, 0.717) is 5.92 Å². The van der Waals surface area contributed by atoms with Crippen LogP contribution >= 0.6 is 0 Å². The molecule has 0 radical (unpaired) electrons. The van der Waals surface area contributed by atoms with Crippen LogP contribution in [0.3, 0.4) is 0 Å². The molecule has 0 amide bonds. The standard InChI is InChI=1S/C15H16/c1-3-6-12(2)14-10-9-13-7-4-5-8-15(13)11-14/h3-12H,1-2H3/b6-3+/t12-/m0/s1. The van der Waals surface area contributed by atoms with E-state index in [9.17, 15) is 0 Å². The molecule has 76 valence electrons. The van der Waals surface area contributed by atoms with Gasteiger partial charge in [-0.15, -0.1) is 0 Å². The molecule has 0 aliphatic heterocycles. The Kier molecular flexibility index (Phi) is 2.86. The van der Waals surface area contributed by atoms with Gasteiger partial charge in [-0.25, -0.2) is 0 Å². The highest BCUT2D eigenvalue weighted by Crippen LogP contribution is 2.22. The predicted octanol–water partition coefficient (Wildman–Crippen LogP) is 4.52. The number of benzene rings is 2. The fraction of sp³-hybridized carbons (Fsp3) is 0.200. The molecule has 1 atom stereocenters. The predicted molar refractivity (Wildman–Crippen MR) is 67.2 cm³/mol. The van der Waals surface area contributed by atoms with Gasteiger partial charge in [-0.3, -0.25) is 0 Å². The average molecular weight is 196 g/mol. The van der Waals surface area contributed by atoms with E-state index in [1.807, 2.05) is 0 Å². The summed E-state index contributed by atoms with van der Waals surface area (Å²) in [6.07, 6.45) is 4.34. The maximum Gasteiger partial charge on any atom is -0.00103 e. The quantitative estimate of drug-likeness (QED) is 0.619. The van der Waals surface area contributed by atoms with E-state index in [1.165, 1.54) is 16.3 Å². The van der Waals surface area contributed by atoms with E-state index < -0.39 is 0 Å². The molecule has 15 heavy (non-hydrogen) atoms. The molecule has 0 bridgehead atoms. The number of fused-ring (bicyclic) bond motifs is 1. The SMILES string of the molecule is C/C=C/[C@H](C)c1ccc2ccccc2c1. The van der Waals surface area contributed by atoms with Crippen LogP contribution in [0.15, 0.2) is 54.6 Å². The van der Waals surface area contributed by atoms with Crippen molar-refractivity contribution < 1.29 is 0 Å². The molecule has 0 saturated heterocycles. The highest BCUT2D eigenvalue weighted by atomic mass is 14.1. The lowest BCUT2D eigenvalue weighted by Gasteiger charge is -2.07. The van der Waals surface area contributed by atoms with Gasteiger partial charge in [0.05, 0.1) is 0 Å². The van der Waals surface area contributed by atoms with Gasteiger partial charge >= 0.3 is 0 Å². The van der Waals surface area contributed by atoms with Crippen LogP contribution in [-0.4, -0.2) is 0 Å². The summed E-state index contributed by atoms with van der Waals surface area (Å²) in [6, 6.07) is 15.2. The Morgan fingerprint density at radius 1 is 1.00 bits per heavy atom. The second kappa shape index (κ2) is 4.31. The minimum Gasteiger partial charge on any atom is -0.0911 e. The zero-order valence-corrected chi connectivity index (χ0v) is 9.27. The molecule has 0 aliphatic rings. The molecule has 0 aromatic heterocycles. The highest BCUT2D eigenvalue weighted by Gasteiger charge is 2.01. The van der Waals surface area contributed by atoms with Crippen LogP contribution in [0.1, 0.15) is 25.3 Å². The third-order valence-electron chi connectivity index (χ3n) is 2.78. The van der Waals surface area contributed by atoms with Crippen LogP contribution < -0.4 is 0 Å². The van der Waals surface area contributed by atoms with Crippen molar-refractivity contribution in [2.45, 2.75) is 19.8 Å². The number of hydrogen-bond acceptors (Lipinski definition) is 0. The summed E-state index contributed by atoms with van der Waals surface area (Å²) in [5.74, 6) is 0.500. The zero-order chi connectivity index (χ0) is 10.7. The molecule has 0 spiro atoms. The fourth-order valence-corrected chi connectivity index (χ4v) is 1.89. The van der Waals surface area contributed by atoms with Gasteiger partial charge in [0.15, 0.2) is 0 Å². The van der Waals surface area contributed by atoms with Gasteiger partial charge in [-0.2, -0.15) is 0 Å². The Labute approximate surface area is 91.2 Å². The van der Waals surface area contributed by atoms with Crippen LogP contribution in [0.5, 0.6) is 0 Å². The van der Waals surface area contributed by atoms with E-state index in [0.717, 1.165) is 0 Å². The smallest absolute Gasteiger partial charge is 0.00103 e. The van der Waals surface area contributed by atoms with E-state index in [1.54, 1.807) is 0 Å². The number of allylic oxidation sites excluding steroid dienone is 2. The normalized spacial score (nSPS) is 13.5. The van der Waals surface area contributed by atoms with Crippen LogP contribution in [0.2, 0.25) is 0 Å². The summed E-state index contributed by atoms with van der Waals surface area (Å²) in [6.45, 7) is 4.29. The van der Waals surface area contributed by atoms with Crippen molar-refractivity contribution >= 4 is 10.8 Å². The molecule has 2 aromatic rings. The van der Waals surface area contributed by atoms with Crippen molar-refractivity contribution in [3.05, 3.63) is 60.2 Å². The summed E-state index contributed by atoms with van der Waals surface area (Å²) in [7, 11) is 0. The molecule has 0 heterocycles. The average Bonchev–Trinajstić information content (AvgIpc) is 2.29. The maximum absolute atomic E-state index is 2.28. The Morgan fingerprint density at radius 3 is 2.47 bits per heavy atom. The van der Waals surface area contributed by atoms with Gasteiger partial charge in [0.2, 0.25) is 0 Å². The van der Waals surface area contributed by atoms with Crippen molar-refractivity contribution in [1.82, 2.24) is 0 Å². The first-order valence-corrected chi connectivity index (χ1v) is 5.43. The topological polar surface area (TPSA) is 0 Å². The van der Waals surface area contributed by atoms with Crippen LogP contribution in [0.25, 0.3) is 10.8 Å². The summed E-state index contributed by atoms with van der Waals surface area (Å²) in [5.41, 5.74) is 1.38. The van der Waals surface area contributed by atoms with Gasteiger partial charge < -0.3 is 0 Å². The molecule has 0 aliphatic carbocycles. The summed E-state index contributed by atoms with van der Waals surface area (Å²) in [4.78, 5) is 0. The van der Waals surface area contributed by atoms with Crippen LogP contribution in [0.4, 0.5) is 0 Å². The first-order valence-electron chi connectivity index (χ1n) is 5.43. The molecule has 0 heteroatoms. The van der Waals surface area contributed by atoms with Gasteiger partial charge in [0.1, 0.15) is 0 Å². The lowest BCUT2D eigenvalue weighted by molar-refractivity contribution is 0.968. The van der Waals surface area contributed by atoms with Crippen molar-refractivity contribution in [2.24, 2.45) is 0 Å². The van der Waals surface area contributed by atoms with Crippen molar-refractivity contribution in [3.8, 4) is 0 Å². The number of hydrogen-bond donors (Lipinski definition) is 0. The van der Waals surface area contributed by atoms with Crippen molar-refractivity contribution in [3.63, 3.8) is 0 Å². The summed E-state index contributed by atoms with van der Waals surface area (Å²) >= 11 is 0. The zero-order valence-electron chi connectivity index (χ0n) is 9.27. The minimum absolute atomic E-state index is 0.500. The van der Waals surface area contributed by atoms with E-state index in [4.69, 9.17) is 0 Å². The first kappa shape index (κ1) is 9.97. The highest BCUT2D eigenvalue weighted by molar-refractivity contribution is 5.83. The van der Waals surface area contributed by atoms with Crippen molar-refractivity contribution in [2.75, 3.05) is 0 Å². The van der Waals surface area contributed by atoms with E-state index in [2.05, 4.69) is 68.5 Å². The Morgan fingerprint density at radius 2 is 1.73 bits per heavy atom. The van der Waals surface area contributed by atoms with Crippen LogP contribution in [-0.2, 0) is 0 Å². The molecule has 0 saturated carbocycles. The Bertz CT molecular complexity index is 480. The molecular weight excluding hydrogens is 180 g/mol. The Balaban J connectivity index is 2.46. The molecular formula is C15H16. The lowest BCUT2D eigenvalue weighted by Crippen LogP contribution is -1.88. The van der Waals surface area contributed by atoms with Crippen molar-refractivity contribution in [1.29, 1.82) is 0 Å². The third-order valence-corrected chi connectivity index (χ3v) is 2.78. The molecule has 0 unspecified atom stereocenters. The Hall–Kier alpha value is -1.56. The molecule has 0 nitrogen and oxygen atoms in total. The van der Waals surface area contributed by atoms with E-state index >= 15 is 0 Å². The molecule has 2 rings (SSSR count). The second-order valence-corrected chi connectivity index (χ2v) is 3.92. The van der Waals surface area contributed by atoms with Gasteiger partial charge in [0.25, 0.3) is 0 Å². The first-order chi connectivity index (χ1) is 7.31. The third kappa shape index (κ3) is 2.10. The largest absolute Gasteiger partial charge is 0.0911 e. The van der Waals surface area contributed by atoms with E-state index in [-0.39, 0.29) is 0 Å². The second-order valence-electron chi connectivity index (χ2n) is 3.92. The molecule has 2 aromatic carbocycles. The van der Waals surface area contributed by atoms with Crippen LogP contribution in [0, 0.1) is 0 Å². The van der Waals surface area contributed by atoms with Gasteiger partial charge in [0, 0.05) is 0 Å². The van der Waals surface area contributed by atoms with Gasteiger partial charge in [-0.1, -0.05) is 61.5 Å².